The van der Waals surface area contributed by atoms with Crippen LogP contribution in [-0.4, -0.2) is 47.8 Å². The molecular weight excluding hydrogens is 446 g/mol. The molecule has 2 heterocycles. The van der Waals surface area contributed by atoms with Gasteiger partial charge < -0.3 is 10.6 Å². The molecule has 0 bridgehead atoms. The third kappa shape index (κ3) is 5.03. The van der Waals surface area contributed by atoms with Gasteiger partial charge in [-0.2, -0.15) is 4.31 Å². The number of sulfonamides is 1. The van der Waals surface area contributed by atoms with Crippen molar-refractivity contribution < 1.29 is 13.2 Å². The Labute approximate surface area is 193 Å². The third-order valence-corrected chi connectivity index (χ3v) is 7.71. The summed E-state index contributed by atoms with van der Waals surface area (Å²) >= 11 is 0. The molecule has 10 nitrogen and oxygen atoms in total. The molecular formula is C22H31N5O5S. The summed E-state index contributed by atoms with van der Waals surface area (Å²) < 4.78 is 28.8. The van der Waals surface area contributed by atoms with Crippen LogP contribution in [0.5, 0.6) is 0 Å². The van der Waals surface area contributed by atoms with Gasteiger partial charge in [0.05, 0.1) is 4.90 Å². The number of hydrogen-bond donors (Lipinski definition) is 2. The van der Waals surface area contributed by atoms with Crippen molar-refractivity contribution in [2.75, 3.05) is 30.3 Å². The van der Waals surface area contributed by atoms with Crippen molar-refractivity contribution in [1.29, 1.82) is 0 Å². The van der Waals surface area contributed by atoms with Crippen LogP contribution in [0.25, 0.3) is 0 Å². The maximum atomic E-state index is 13.4. The fraction of sp³-hybridized carbons (Fsp3) is 0.500. The quantitative estimate of drug-likeness (QED) is 0.594. The minimum Gasteiger partial charge on any atom is -0.383 e. The second kappa shape index (κ2) is 10.3. The standard InChI is InChI=1S/C22H31N5O5S/c1-3-5-14-27-19(23)18(20(28)24-22(27)30)26(4-2)21(29)16-10-9-11-17(15-16)33(31,32)25-12-7-6-8-13-25/h9-11,15H,3-8,12-14,23H2,1-2H3,(H,24,28,30). The Morgan fingerprint density at radius 2 is 1.85 bits per heavy atom. The second-order valence-corrected chi connectivity index (χ2v) is 9.98. The maximum absolute atomic E-state index is 13.4. The van der Waals surface area contributed by atoms with Crippen LogP contribution in [0.2, 0.25) is 0 Å². The Kier molecular flexibility index (Phi) is 7.75. The first-order chi connectivity index (χ1) is 15.7. The first-order valence-corrected chi connectivity index (χ1v) is 12.7. The smallest absolute Gasteiger partial charge is 0.330 e. The maximum Gasteiger partial charge on any atom is 0.330 e. The summed E-state index contributed by atoms with van der Waals surface area (Å²) in [7, 11) is -3.73. The average Bonchev–Trinajstić information content (AvgIpc) is 2.81. The topological polar surface area (TPSA) is 139 Å². The highest BCUT2D eigenvalue weighted by atomic mass is 32.2. The van der Waals surface area contributed by atoms with Crippen LogP contribution in [0, 0.1) is 0 Å². The fourth-order valence-corrected chi connectivity index (χ4v) is 5.54. The third-order valence-electron chi connectivity index (χ3n) is 5.81. The predicted molar refractivity (Wildman–Crippen MR) is 127 cm³/mol. The van der Waals surface area contributed by atoms with E-state index in [-0.39, 0.29) is 28.5 Å². The van der Waals surface area contributed by atoms with E-state index >= 15 is 0 Å². The Morgan fingerprint density at radius 1 is 1.15 bits per heavy atom. The highest BCUT2D eigenvalue weighted by Crippen LogP contribution is 2.24. The fourth-order valence-electron chi connectivity index (χ4n) is 3.98. The second-order valence-electron chi connectivity index (χ2n) is 8.04. The van der Waals surface area contributed by atoms with E-state index in [1.54, 1.807) is 6.92 Å². The van der Waals surface area contributed by atoms with E-state index in [9.17, 15) is 22.8 Å². The summed E-state index contributed by atoms with van der Waals surface area (Å²) in [5.74, 6) is -0.671. The number of aromatic amines is 1. The minimum atomic E-state index is -3.73. The van der Waals surface area contributed by atoms with Crippen molar-refractivity contribution in [1.82, 2.24) is 13.9 Å². The SMILES string of the molecule is CCCCn1c(N)c(N(CC)C(=O)c2cccc(S(=O)(=O)N3CCCCC3)c2)c(=O)[nH]c1=O. The molecule has 11 heteroatoms. The lowest BCUT2D eigenvalue weighted by Crippen LogP contribution is -2.41. The molecule has 1 aromatic heterocycles. The van der Waals surface area contributed by atoms with Gasteiger partial charge in [0.2, 0.25) is 10.0 Å². The highest BCUT2D eigenvalue weighted by Gasteiger charge is 2.28. The molecule has 180 valence electrons. The van der Waals surface area contributed by atoms with Gasteiger partial charge in [-0.25, -0.2) is 13.2 Å². The van der Waals surface area contributed by atoms with Crippen LogP contribution in [0.4, 0.5) is 11.5 Å². The van der Waals surface area contributed by atoms with Crippen LogP contribution < -0.4 is 21.9 Å². The molecule has 0 saturated carbocycles. The number of benzene rings is 1. The summed E-state index contributed by atoms with van der Waals surface area (Å²) in [6.45, 7) is 4.94. The van der Waals surface area contributed by atoms with Crippen molar-refractivity contribution >= 4 is 27.4 Å². The molecule has 0 unspecified atom stereocenters. The van der Waals surface area contributed by atoms with Crippen LogP contribution >= 0.6 is 0 Å². The number of aromatic nitrogens is 2. The Hall–Kier alpha value is -2.92. The van der Waals surface area contributed by atoms with Gasteiger partial charge in [0.15, 0.2) is 5.69 Å². The first-order valence-electron chi connectivity index (χ1n) is 11.3. The van der Waals surface area contributed by atoms with Crippen molar-refractivity contribution in [2.24, 2.45) is 0 Å². The van der Waals surface area contributed by atoms with Gasteiger partial charge >= 0.3 is 5.69 Å². The molecule has 0 spiro atoms. The number of rotatable bonds is 8. The number of nitrogens with zero attached hydrogens (tertiary/aromatic N) is 3. The largest absolute Gasteiger partial charge is 0.383 e. The number of nitrogens with one attached hydrogen (secondary N) is 1. The number of amides is 1. The molecule has 33 heavy (non-hydrogen) atoms. The van der Waals surface area contributed by atoms with Crippen molar-refractivity contribution in [3.8, 4) is 0 Å². The molecule has 0 aliphatic carbocycles. The number of carbonyl (C=O) groups is 1. The van der Waals surface area contributed by atoms with Gasteiger partial charge in [0, 0.05) is 31.7 Å². The van der Waals surface area contributed by atoms with Gasteiger partial charge in [-0.1, -0.05) is 25.8 Å². The number of nitrogen functional groups attached to an aromatic ring is 1. The number of carbonyl (C=O) groups excluding carboxylic acids is 1. The Bertz CT molecular complexity index is 1230. The van der Waals surface area contributed by atoms with Gasteiger partial charge in [0.25, 0.3) is 11.5 Å². The minimum absolute atomic E-state index is 0.0288. The zero-order chi connectivity index (χ0) is 24.2. The molecule has 1 aromatic carbocycles. The van der Waals surface area contributed by atoms with E-state index in [1.807, 2.05) is 6.92 Å². The van der Waals surface area contributed by atoms with Gasteiger partial charge in [-0.3, -0.25) is 19.1 Å². The zero-order valence-corrected chi connectivity index (χ0v) is 19.9. The molecule has 1 aliphatic rings. The lowest BCUT2D eigenvalue weighted by Gasteiger charge is -2.26. The van der Waals surface area contributed by atoms with E-state index < -0.39 is 27.2 Å². The van der Waals surface area contributed by atoms with Crippen LogP contribution in [-0.2, 0) is 16.6 Å². The van der Waals surface area contributed by atoms with Crippen LogP contribution in [0.1, 0.15) is 56.3 Å². The average molecular weight is 478 g/mol. The number of piperidine rings is 1. The van der Waals surface area contributed by atoms with E-state index in [4.69, 9.17) is 5.73 Å². The number of nitrogens with two attached hydrogens (primary N) is 1. The van der Waals surface area contributed by atoms with E-state index in [1.165, 1.54) is 38.0 Å². The zero-order valence-electron chi connectivity index (χ0n) is 19.0. The molecule has 1 saturated heterocycles. The lowest BCUT2D eigenvalue weighted by atomic mass is 10.2. The number of H-pyrrole nitrogens is 1. The van der Waals surface area contributed by atoms with E-state index in [0.717, 1.165) is 25.7 Å². The summed E-state index contributed by atoms with van der Waals surface area (Å²) in [5, 5.41) is 0. The van der Waals surface area contributed by atoms with Crippen molar-refractivity contribution in [3.63, 3.8) is 0 Å². The summed E-state index contributed by atoms with van der Waals surface area (Å²) in [6, 6.07) is 5.79. The predicted octanol–water partition coefficient (Wildman–Crippen LogP) is 1.76. The molecule has 3 rings (SSSR count). The van der Waals surface area contributed by atoms with Crippen LogP contribution in [0.15, 0.2) is 38.8 Å². The monoisotopic (exact) mass is 477 g/mol. The summed E-state index contributed by atoms with van der Waals surface area (Å²) in [5.41, 5.74) is 4.75. The Balaban J connectivity index is 2.00. The molecule has 2 aromatic rings. The number of anilines is 2. The van der Waals surface area contributed by atoms with Crippen molar-refractivity contribution in [3.05, 3.63) is 50.7 Å². The van der Waals surface area contributed by atoms with Gasteiger partial charge in [0.1, 0.15) is 5.82 Å². The molecule has 0 atom stereocenters. The van der Waals surface area contributed by atoms with E-state index in [0.29, 0.717) is 26.1 Å². The summed E-state index contributed by atoms with van der Waals surface area (Å²) in [4.78, 5) is 41.6. The number of hydrogen-bond acceptors (Lipinski definition) is 6. The van der Waals surface area contributed by atoms with Gasteiger partial charge in [-0.15, -0.1) is 0 Å². The molecule has 1 aliphatic heterocycles. The van der Waals surface area contributed by atoms with E-state index in [2.05, 4.69) is 4.98 Å². The van der Waals surface area contributed by atoms with Crippen LogP contribution in [0.3, 0.4) is 0 Å². The normalized spacial score (nSPS) is 14.8. The summed E-state index contributed by atoms with van der Waals surface area (Å²) in [6.07, 6.45) is 4.09. The molecule has 3 N–H and O–H groups in total. The number of unbranched alkanes of at least 4 members (excludes halogenated alkanes) is 1. The highest BCUT2D eigenvalue weighted by molar-refractivity contribution is 7.89. The molecule has 1 fully saturated rings. The lowest BCUT2D eigenvalue weighted by molar-refractivity contribution is 0.0987. The Morgan fingerprint density at radius 3 is 2.48 bits per heavy atom. The van der Waals surface area contributed by atoms with Crippen molar-refractivity contribution in [2.45, 2.75) is 57.4 Å². The molecule has 1 amide bonds. The molecule has 0 radical (unpaired) electrons. The first kappa shape index (κ1) is 24.7. The van der Waals surface area contributed by atoms with Gasteiger partial charge in [-0.05, 0) is 44.4 Å².